The molecule has 0 aromatic carbocycles. The smallest absolute Gasteiger partial charge is 0.257 e. The normalized spacial score (nSPS) is 16.6. The van der Waals surface area contributed by atoms with Gasteiger partial charge in [0.25, 0.3) is 0 Å². The van der Waals surface area contributed by atoms with E-state index in [1.54, 1.807) is 0 Å². The summed E-state index contributed by atoms with van der Waals surface area (Å²) >= 11 is 0. The standard InChI is InChI=1S/C8HF7N4/c9-6(10,7(11,12)8(13,14)15)5-18-3(1-16)4(2-17)19-5/h16H. The maximum atomic E-state index is 13.1. The number of amidine groups is 1. The molecule has 0 aliphatic carbocycles. The second-order valence-corrected chi connectivity index (χ2v) is 3.13. The molecule has 1 aliphatic rings. The van der Waals surface area contributed by atoms with Crippen molar-refractivity contribution in [1.82, 2.24) is 0 Å². The molecule has 1 heterocycles. The summed E-state index contributed by atoms with van der Waals surface area (Å²) in [5.41, 5.74) is -1.95. The Kier molecular flexibility index (Phi) is 3.26. The monoisotopic (exact) mass is 286 g/mol. The first-order valence-corrected chi connectivity index (χ1v) is 4.19. The maximum absolute atomic E-state index is 13.1. The third-order valence-electron chi connectivity index (χ3n) is 1.92. The van der Waals surface area contributed by atoms with Gasteiger partial charge in [-0.05, 0) is 0 Å². The molecule has 0 atom stereocenters. The highest BCUT2D eigenvalue weighted by Gasteiger charge is 2.75. The SMILES string of the molecule is N#CC1=NC(C(F)(F)C(F)(F)C(F)(F)F)=NC1=C=N. The lowest BCUT2D eigenvalue weighted by Crippen LogP contribution is -2.55. The molecule has 0 amide bonds. The van der Waals surface area contributed by atoms with E-state index in [1.807, 2.05) is 0 Å². The number of alkyl halides is 7. The number of nitrogens with zero attached hydrogens (tertiary/aromatic N) is 3. The number of hydrogen-bond donors (Lipinski definition) is 1. The Bertz CT molecular complexity index is 557. The molecular formula is C8HF7N4. The Balaban J connectivity index is 3.37. The minimum Gasteiger partial charge on any atom is -0.257 e. The van der Waals surface area contributed by atoms with Crippen molar-refractivity contribution in [3.63, 3.8) is 0 Å². The van der Waals surface area contributed by atoms with Crippen LogP contribution in [0.1, 0.15) is 0 Å². The Labute approximate surface area is 99.6 Å². The largest absolute Gasteiger partial charge is 0.460 e. The predicted octanol–water partition coefficient (Wildman–Crippen LogP) is 2.33. The van der Waals surface area contributed by atoms with Crippen LogP contribution in [-0.2, 0) is 0 Å². The fourth-order valence-electron chi connectivity index (χ4n) is 0.967. The van der Waals surface area contributed by atoms with Crippen LogP contribution in [0.4, 0.5) is 30.7 Å². The lowest BCUT2D eigenvalue weighted by Gasteiger charge is -2.26. The van der Waals surface area contributed by atoms with E-state index >= 15 is 0 Å². The third kappa shape index (κ3) is 2.10. The zero-order chi connectivity index (χ0) is 15.1. The molecule has 0 saturated heterocycles. The van der Waals surface area contributed by atoms with E-state index in [2.05, 4.69) is 9.98 Å². The summed E-state index contributed by atoms with van der Waals surface area (Å²) in [6.07, 6.45) is -6.53. The minimum atomic E-state index is -6.53. The summed E-state index contributed by atoms with van der Waals surface area (Å²) in [5, 5.41) is 14.9. The number of allylic oxidation sites excluding steroid dienone is 1. The van der Waals surface area contributed by atoms with Crippen molar-refractivity contribution in [3.8, 4) is 6.07 Å². The van der Waals surface area contributed by atoms with Gasteiger partial charge in [-0.1, -0.05) is 0 Å². The van der Waals surface area contributed by atoms with E-state index in [0.717, 1.165) is 6.07 Å². The van der Waals surface area contributed by atoms with Crippen LogP contribution in [0.2, 0.25) is 0 Å². The number of rotatable bonds is 2. The second-order valence-electron chi connectivity index (χ2n) is 3.13. The van der Waals surface area contributed by atoms with Gasteiger partial charge < -0.3 is 0 Å². The summed E-state index contributed by atoms with van der Waals surface area (Å²) in [7, 11) is 0. The van der Waals surface area contributed by atoms with Gasteiger partial charge in [0.05, 0.1) is 0 Å². The van der Waals surface area contributed by atoms with Crippen LogP contribution < -0.4 is 0 Å². The van der Waals surface area contributed by atoms with E-state index in [4.69, 9.17) is 10.7 Å². The van der Waals surface area contributed by atoms with Crippen molar-refractivity contribution in [2.24, 2.45) is 9.98 Å². The van der Waals surface area contributed by atoms with Crippen LogP contribution >= 0.6 is 0 Å². The van der Waals surface area contributed by atoms with Crippen molar-refractivity contribution >= 4 is 17.4 Å². The molecule has 0 aromatic heterocycles. The van der Waals surface area contributed by atoms with E-state index in [9.17, 15) is 30.7 Å². The molecular weight excluding hydrogens is 285 g/mol. The molecule has 1 rings (SSSR count). The first kappa shape index (κ1) is 14.8. The molecule has 0 unspecified atom stereocenters. The molecule has 0 radical (unpaired) electrons. The Morgan fingerprint density at radius 2 is 1.53 bits per heavy atom. The van der Waals surface area contributed by atoms with Crippen LogP contribution in [0, 0.1) is 16.7 Å². The van der Waals surface area contributed by atoms with E-state index in [1.165, 1.54) is 5.87 Å². The van der Waals surface area contributed by atoms with Crippen LogP contribution in [-0.4, -0.2) is 35.4 Å². The molecule has 1 N–H and O–H groups in total. The minimum absolute atomic E-state index is 0.949. The third-order valence-corrected chi connectivity index (χ3v) is 1.92. The van der Waals surface area contributed by atoms with Crippen LogP contribution in [0.5, 0.6) is 0 Å². The van der Waals surface area contributed by atoms with Gasteiger partial charge in [0.2, 0.25) is 5.84 Å². The van der Waals surface area contributed by atoms with E-state index < -0.39 is 35.3 Å². The molecule has 102 valence electrons. The summed E-state index contributed by atoms with van der Waals surface area (Å²) < 4.78 is 87.1. The highest BCUT2D eigenvalue weighted by molar-refractivity contribution is 6.24. The Morgan fingerprint density at radius 1 is 1.00 bits per heavy atom. The molecule has 1 aliphatic heterocycles. The molecule has 11 heteroatoms. The van der Waals surface area contributed by atoms with Crippen molar-refractivity contribution in [2.75, 3.05) is 0 Å². The molecule has 0 fully saturated rings. The molecule has 0 bridgehead atoms. The second kappa shape index (κ2) is 4.17. The number of nitriles is 1. The lowest BCUT2D eigenvalue weighted by atomic mass is 10.1. The first-order valence-electron chi connectivity index (χ1n) is 4.19. The van der Waals surface area contributed by atoms with Gasteiger partial charge in [0.15, 0.2) is 11.4 Å². The first-order chi connectivity index (χ1) is 8.49. The average Bonchev–Trinajstić information content (AvgIpc) is 2.70. The maximum Gasteiger partial charge on any atom is 0.460 e. The van der Waals surface area contributed by atoms with Gasteiger partial charge in [0, 0.05) is 5.87 Å². The van der Waals surface area contributed by atoms with Gasteiger partial charge in [0.1, 0.15) is 6.07 Å². The van der Waals surface area contributed by atoms with Gasteiger partial charge in [-0.15, -0.1) is 0 Å². The Hall–Kier alpha value is -2.21. The molecule has 4 nitrogen and oxygen atoms in total. The average molecular weight is 286 g/mol. The molecule has 0 spiro atoms. The zero-order valence-corrected chi connectivity index (χ0v) is 8.49. The van der Waals surface area contributed by atoms with E-state index in [0.29, 0.717) is 0 Å². The fraction of sp³-hybridized carbons (Fsp3) is 0.375. The van der Waals surface area contributed by atoms with Crippen molar-refractivity contribution in [3.05, 3.63) is 5.70 Å². The number of aliphatic imine (C=N–C) groups is 2. The fourth-order valence-corrected chi connectivity index (χ4v) is 0.967. The number of nitrogens with one attached hydrogen (secondary N) is 1. The Morgan fingerprint density at radius 3 is 1.84 bits per heavy atom. The molecule has 0 aromatic rings. The highest BCUT2D eigenvalue weighted by Crippen LogP contribution is 2.47. The summed E-state index contributed by atoms with van der Waals surface area (Å²) in [5.74, 6) is -13.1. The van der Waals surface area contributed by atoms with Crippen molar-refractivity contribution in [1.29, 1.82) is 10.7 Å². The number of hydrogen-bond acceptors (Lipinski definition) is 4. The van der Waals surface area contributed by atoms with Gasteiger partial charge in [-0.3, -0.25) is 5.41 Å². The van der Waals surface area contributed by atoms with Crippen molar-refractivity contribution < 1.29 is 30.7 Å². The van der Waals surface area contributed by atoms with Gasteiger partial charge in [-0.25, -0.2) is 9.98 Å². The summed E-state index contributed by atoms with van der Waals surface area (Å²) in [6.45, 7) is 0. The summed E-state index contributed by atoms with van der Waals surface area (Å²) in [6, 6.07) is 1.11. The van der Waals surface area contributed by atoms with Crippen LogP contribution in [0.25, 0.3) is 0 Å². The van der Waals surface area contributed by atoms with Crippen LogP contribution in [0.15, 0.2) is 15.7 Å². The number of halogens is 7. The summed E-state index contributed by atoms with van der Waals surface area (Å²) in [4.78, 5) is 5.16. The van der Waals surface area contributed by atoms with Crippen molar-refractivity contribution in [2.45, 2.75) is 18.0 Å². The van der Waals surface area contributed by atoms with E-state index in [-0.39, 0.29) is 0 Å². The topological polar surface area (TPSA) is 72.4 Å². The predicted molar refractivity (Wildman–Crippen MR) is 47.7 cm³/mol. The molecule has 0 saturated carbocycles. The van der Waals surface area contributed by atoms with Gasteiger partial charge >= 0.3 is 18.0 Å². The van der Waals surface area contributed by atoms with Crippen LogP contribution in [0.3, 0.4) is 0 Å². The zero-order valence-electron chi connectivity index (χ0n) is 8.49. The highest BCUT2D eigenvalue weighted by atomic mass is 19.4. The van der Waals surface area contributed by atoms with Gasteiger partial charge in [-0.2, -0.15) is 36.0 Å². The quantitative estimate of drug-likeness (QED) is 0.614. The molecule has 19 heavy (non-hydrogen) atoms. The lowest BCUT2D eigenvalue weighted by molar-refractivity contribution is -0.336.